The Morgan fingerprint density at radius 2 is 2.29 bits per heavy atom. The zero-order valence-electron chi connectivity index (χ0n) is 8.34. The summed E-state index contributed by atoms with van der Waals surface area (Å²) in [5.74, 6) is 0. The molecule has 0 radical (unpaired) electrons. The van der Waals surface area contributed by atoms with E-state index in [2.05, 4.69) is 27.3 Å². The van der Waals surface area contributed by atoms with Gasteiger partial charge in [0.1, 0.15) is 0 Å². The molecule has 1 aromatic carbocycles. The summed E-state index contributed by atoms with van der Waals surface area (Å²) in [5, 5.41) is 11.8. The highest BCUT2D eigenvalue weighted by Crippen LogP contribution is 2.24. The van der Waals surface area contributed by atoms with Crippen LogP contribution in [-0.2, 0) is 0 Å². The van der Waals surface area contributed by atoms with Crippen molar-refractivity contribution in [2.24, 2.45) is 0 Å². The fraction of sp³-hybridized carbons (Fsp3) is 0.364. The minimum absolute atomic E-state index is 0.188. The third kappa shape index (κ3) is 2.74. The van der Waals surface area contributed by atoms with Crippen LogP contribution in [0.1, 0.15) is 18.9 Å². The molecule has 0 saturated heterocycles. The van der Waals surface area contributed by atoms with Gasteiger partial charge in [-0.2, -0.15) is 5.26 Å². The van der Waals surface area contributed by atoms with E-state index in [0.717, 1.165) is 10.2 Å². The zero-order valence-corrected chi connectivity index (χ0v) is 9.93. The van der Waals surface area contributed by atoms with Crippen molar-refractivity contribution in [2.45, 2.75) is 26.3 Å². The molecule has 1 atom stereocenters. The Morgan fingerprint density at radius 1 is 1.57 bits per heavy atom. The number of nitriles is 1. The Balaban J connectivity index is 2.77. The maximum Gasteiger partial charge on any atom is 0.0643 e. The molecular weight excluding hydrogens is 240 g/mol. The van der Waals surface area contributed by atoms with Gasteiger partial charge >= 0.3 is 0 Å². The van der Waals surface area contributed by atoms with Crippen LogP contribution in [0.5, 0.6) is 0 Å². The monoisotopic (exact) mass is 252 g/mol. The van der Waals surface area contributed by atoms with Gasteiger partial charge in [-0.15, -0.1) is 0 Å². The molecule has 0 aromatic heterocycles. The summed E-state index contributed by atoms with van der Waals surface area (Å²) in [6, 6.07) is 8.35. The first-order chi connectivity index (χ1) is 6.65. The number of hydrogen-bond acceptors (Lipinski definition) is 2. The molecule has 3 heteroatoms. The van der Waals surface area contributed by atoms with E-state index in [4.69, 9.17) is 5.26 Å². The summed E-state index contributed by atoms with van der Waals surface area (Å²) in [6.07, 6.45) is 0.520. The minimum Gasteiger partial charge on any atom is -0.381 e. The fourth-order valence-electron chi connectivity index (χ4n) is 1.22. The lowest BCUT2D eigenvalue weighted by Crippen LogP contribution is -2.14. The molecule has 0 fully saturated rings. The number of hydrogen-bond donors (Lipinski definition) is 1. The number of benzene rings is 1. The van der Waals surface area contributed by atoms with Crippen molar-refractivity contribution < 1.29 is 0 Å². The second-order valence-electron chi connectivity index (χ2n) is 3.32. The van der Waals surface area contributed by atoms with E-state index in [1.54, 1.807) is 0 Å². The van der Waals surface area contributed by atoms with Gasteiger partial charge in [-0.3, -0.25) is 0 Å². The van der Waals surface area contributed by atoms with Gasteiger partial charge in [0, 0.05) is 16.2 Å². The highest BCUT2D eigenvalue weighted by atomic mass is 79.9. The highest BCUT2D eigenvalue weighted by Gasteiger charge is 2.04. The molecule has 0 aliphatic carbocycles. The lowest BCUT2D eigenvalue weighted by Gasteiger charge is -2.14. The second kappa shape index (κ2) is 5.02. The van der Waals surface area contributed by atoms with Crippen LogP contribution in [0.3, 0.4) is 0 Å². The van der Waals surface area contributed by atoms with Crippen molar-refractivity contribution in [3.63, 3.8) is 0 Å². The van der Waals surface area contributed by atoms with Crippen LogP contribution < -0.4 is 5.32 Å². The largest absolute Gasteiger partial charge is 0.381 e. The summed E-state index contributed by atoms with van der Waals surface area (Å²) in [6.45, 7) is 4.05. The number of nitrogens with zero attached hydrogens (tertiary/aromatic N) is 1. The van der Waals surface area contributed by atoms with Gasteiger partial charge in [0.05, 0.1) is 12.5 Å². The topological polar surface area (TPSA) is 35.8 Å². The smallest absolute Gasteiger partial charge is 0.0643 e. The second-order valence-corrected chi connectivity index (χ2v) is 4.17. The van der Waals surface area contributed by atoms with Crippen LogP contribution in [0.25, 0.3) is 0 Å². The minimum atomic E-state index is 0.188. The van der Waals surface area contributed by atoms with Crippen molar-refractivity contribution in [3.8, 4) is 6.07 Å². The molecular formula is C11H13BrN2. The van der Waals surface area contributed by atoms with Gasteiger partial charge in [0.25, 0.3) is 0 Å². The van der Waals surface area contributed by atoms with E-state index < -0.39 is 0 Å². The molecule has 0 saturated carbocycles. The third-order valence-corrected chi connectivity index (χ3v) is 2.93. The molecule has 1 aromatic rings. The number of halogens is 1. The van der Waals surface area contributed by atoms with Crippen LogP contribution in [0.2, 0.25) is 0 Å². The first-order valence-corrected chi connectivity index (χ1v) is 5.33. The van der Waals surface area contributed by atoms with Gasteiger partial charge in [-0.1, -0.05) is 22.0 Å². The van der Waals surface area contributed by atoms with Gasteiger partial charge in [-0.25, -0.2) is 0 Å². The van der Waals surface area contributed by atoms with Crippen LogP contribution in [0.15, 0.2) is 22.7 Å². The molecule has 1 unspecified atom stereocenters. The Bertz CT molecular complexity index is 355. The van der Waals surface area contributed by atoms with Crippen LogP contribution >= 0.6 is 15.9 Å². The van der Waals surface area contributed by atoms with Crippen molar-refractivity contribution in [1.29, 1.82) is 5.26 Å². The van der Waals surface area contributed by atoms with Crippen LogP contribution in [-0.4, -0.2) is 6.04 Å². The molecule has 0 heterocycles. The van der Waals surface area contributed by atoms with E-state index in [-0.39, 0.29) is 6.04 Å². The lowest BCUT2D eigenvalue weighted by molar-refractivity contribution is 0.819. The first kappa shape index (κ1) is 11.1. The predicted octanol–water partition coefficient (Wildman–Crippen LogP) is 3.47. The molecule has 74 valence electrons. The van der Waals surface area contributed by atoms with Crippen molar-refractivity contribution >= 4 is 21.6 Å². The van der Waals surface area contributed by atoms with E-state index >= 15 is 0 Å². The maximum absolute atomic E-state index is 8.54. The fourth-order valence-corrected chi connectivity index (χ4v) is 1.58. The predicted molar refractivity (Wildman–Crippen MR) is 62.2 cm³/mol. The Kier molecular flexibility index (Phi) is 3.97. The van der Waals surface area contributed by atoms with E-state index in [9.17, 15) is 0 Å². The van der Waals surface area contributed by atoms with Gasteiger partial charge in [0.15, 0.2) is 0 Å². The summed E-state index contributed by atoms with van der Waals surface area (Å²) >= 11 is 3.47. The number of anilines is 1. The average Bonchev–Trinajstić information content (AvgIpc) is 2.13. The Labute approximate surface area is 93.1 Å². The van der Waals surface area contributed by atoms with E-state index in [0.29, 0.717) is 6.42 Å². The zero-order chi connectivity index (χ0) is 10.6. The molecule has 14 heavy (non-hydrogen) atoms. The molecule has 0 aliphatic rings. The Morgan fingerprint density at radius 3 is 2.93 bits per heavy atom. The summed E-state index contributed by atoms with van der Waals surface area (Å²) in [4.78, 5) is 0. The number of nitrogens with one attached hydrogen (secondary N) is 1. The van der Waals surface area contributed by atoms with Crippen molar-refractivity contribution in [1.82, 2.24) is 0 Å². The van der Waals surface area contributed by atoms with E-state index in [1.807, 2.05) is 32.0 Å². The molecule has 1 N–H and O–H groups in total. The highest BCUT2D eigenvalue weighted by molar-refractivity contribution is 9.10. The molecule has 0 amide bonds. The normalized spacial score (nSPS) is 11.9. The molecule has 0 bridgehead atoms. The first-order valence-electron chi connectivity index (χ1n) is 4.53. The average molecular weight is 253 g/mol. The van der Waals surface area contributed by atoms with Crippen molar-refractivity contribution in [3.05, 3.63) is 28.2 Å². The standard InChI is InChI=1S/C11H13BrN2/c1-8(6-7-13)14-11-5-3-4-10(12)9(11)2/h3-5,8,14H,6H2,1-2H3. The molecule has 2 nitrogen and oxygen atoms in total. The molecule has 1 rings (SSSR count). The maximum atomic E-state index is 8.54. The summed E-state index contributed by atoms with van der Waals surface area (Å²) in [5.41, 5.74) is 2.26. The van der Waals surface area contributed by atoms with Crippen LogP contribution in [0, 0.1) is 18.3 Å². The van der Waals surface area contributed by atoms with Gasteiger partial charge in [-0.05, 0) is 31.5 Å². The van der Waals surface area contributed by atoms with E-state index in [1.165, 1.54) is 5.56 Å². The van der Waals surface area contributed by atoms with Crippen LogP contribution in [0.4, 0.5) is 5.69 Å². The Hall–Kier alpha value is -1.01. The molecule has 0 aliphatic heterocycles. The van der Waals surface area contributed by atoms with Gasteiger partial charge in [0.2, 0.25) is 0 Å². The lowest BCUT2D eigenvalue weighted by atomic mass is 10.1. The van der Waals surface area contributed by atoms with Gasteiger partial charge < -0.3 is 5.32 Å². The SMILES string of the molecule is Cc1c(Br)cccc1NC(C)CC#N. The third-order valence-electron chi connectivity index (χ3n) is 2.07. The van der Waals surface area contributed by atoms with Crippen molar-refractivity contribution in [2.75, 3.05) is 5.32 Å². The summed E-state index contributed by atoms with van der Waals surface area (Å²) in [7, 11) is 0. The quantitative estimate of drug-likeness (QED) is 0.895. The summed E-state index contributed by atoms with van der Waals surface area (Å²) < 4.78 is 1.09. The number of rotatable bonds is 3. The molecule has 0 spiro atoms.